The largest absolute Gasteiger partial charge is 0.383 e. The first-order valence-electron chi connectivity index (χ1n) is 11.0. The number of nitriles is 1. The monoisotopic (exact) mass is 453 g/mol. The molecule has 6 nitrogen and oxygen atoms in total. The van der Waals surface area contributed by atoms with E-state index in [0.29, 0.717) is 21.6 Å². The Bertz CT molecular complexity index is 1350. The third-order valence-corrected chi connectivity index (χ3v) is 7.02. The molecule has 7 heteroatoms. The van der Waals surface area contributed by atoms with E-state index in [0.717, 1.165) is 53.9 Å². The molecule has 1 amide bonds. The van der Waals surface area contributed by atoms with Crippen LogP contribution < -0.4 is 11.1 Å². The number of pyridine rings is 1. The Morgan fingerprint density at radius 1 is 1.03 bits per heavy atom. The summed E-state index contributed by atoms with van der Waals surface area (Å²) in [7, 11) is 0. The average Bonchev–Trinajstić information content (AvgIpc) is 3.21. The molecule has 0 bridgehead atoms. The summed E-state index contributed by atoms with van der Waals surface area (Å²) in [6, 6.07) is 21.7. The number of amides is 1. The minimum absolute atomic E-state index is 0.0463. The number of nitrogen functional groups attached to an aromatic ring is 1. The number of anilines is 3. The number of benzene rings is 2. The average molecular weight is 454 g/mol. The number of rotatable bonds is 4. The topological polar surface area (TPSA) is 95.0 Å². The van der Waals surface area contributed by atoms with E-state index in [2.05, 4.69) is 16.4 Å². The van der Waals surface area contributed by atoms with Crippen molar-refractivity contribution in [1.29, 1.82) is 5.26 Å². The Labute approximate surface area is 196 Å². The van der Waals surface area contributed by atoms with E-state index in [4.69, 9.17) is 5.73 Å². The molecule has 4 aromatic rings. The number of aromatic nitrogens is 1. The van der Waals surface area contributed by atoms with Gasteiger partial charge in [-0.1, -0.05) is 48.5 Å². The summed E-state index contributed by atoms with van der Waals surface area (Å²) >= 11 is 1.44. The summed E-state index contributed by atoms with van der Waals surface area (Å²) < 4.78 is 0.783. The number of hydrogen-bond donors (Lipinski definition) is 2. The molecule has 0 spiro atoms. The molecule has 1 aliphatic heterocycles. The van der Waals surface area contributed by atoms with E-state index >= 15 is 0 Å². The van der Waals surface area contributed by atoms with Crippen molar-refractivity contribution in [3.05, 3.63) is 71.8 Å². The van der Waals surface area contributed by atoms with E-state index < -0.39 is 0 Å². The molecule has 0 radical (unpaired) electrons. The van der Waals surface area contributed by atoms with Crippen molar-refractivity contribution in [2.45, 2.75) is 19.3 Å². The third-order valence-electron chi connectivity index (χ3n) is 5.91. The van der Waals surface area contributed by atoms with Crippen LogP contribution in [-0.2, 0) is 0 Å². The molecule has 2 aromatic carbocycles. The lowest BCUT2D eigenvalue weighted by molar-refractivity contribution is 0.0727. The third kappa shape index (κ3) is 3.90. The van der Waals surface area contributed by atoms with E-state index in [1.807, 2.05) is 65.6 Å². The van der Waals surface area contributed by atoms with Crippen molar-refractivity contribution < 1.29 is 4.79 Å². The van der Waals surface area contributed by atoms with Gasteiger partial charge in [-0.3, -0.25) is 4.79 Å². The zero-order chi connectivity index (χ0) is 22.8. The van der Waals surface area contributed by atoms with Crippen molar-refractivity contribution in [2.75, 3.05) is 24.1 Å². The van der Waals surface area contributed by atoms with Crippen LogP contribution in [0.2, 0.25) is 0 Å². The number of para-hydroxylation sites is 1. The van der Waals surface area contributed by atoms with Crippen molar-refractivity contribution >= 4 is 44.0 Å². The van der Waals surface area contributed by atoms with Gasteiger partial charge in [0.1, 0.15) is 28.0 Å². The molecule has 33 heavy (non-hydrogen) atoms. The first-order valence-corrected chi connectivity index (χ1v) is 11.8. The smallest absolute Gasteiger partial charge is 0.259 e. The van der Waals surface area contributed by atoms with Crippen molar-refractivity contribution in [1.82, 2.24) is 9.88 Å². The second kappa shape index (κ2) is 8.93. The molecule has 0 unspecified atom stereocenters. The molecule has 164 valence electrons. The highest BCUT2D eigenvalue weighted by molar-refractivity contribution is 7.24. The lowest BCUT2D eigenvalue weighted by Crippen LogP contribution is -2.35. The number of likely N-dealkylation sites (tertiary alicyclic amines) is 1. The highest BCUT2D eigenvalue weighted by Crippen LogP contribution is 2.44. The zero-order valence-corrected chi connectivity index (χ0v) is 18.9. The highest BCUT2D eigenvalue weighted by atomic mass is 32.1. The molecule has 0 saturated carbocycles. The number of thiophene rings is 1. The van der Waals surface area contributed by atoms with Gasteiger partial charge in [0, 0.05) is 24.3 Å². The summed E-state index contributed by atoms with van der Waals surface area (Å²) in [5, 5.41) is 14.0. The Balaban J connectivity index is 1.77. The summed E-state index contributed by atoms with van der Waals surface area (Å²) in [5.74, 6) is 0.0932. The second-order valence-corrected chi connectivity index (χ2v) is 9.07. The molecule has 3 N–H and O–H groups in total. The van der Waals surface area contributed by atoms with E-state index in [-0.39, 0.29) is 11.7 Å². The summed E-state index contributed by atoms with van der Waals surface area (Å²) in [4.78, 5) is 20.2. The predicted octanol–water partition coefficient (Wildman–Crippen LogP) is 5.79. The predicted molar refractivity (Wildman–Crippen MR) is 134 cm³/mol. The van der Waals surface area contributed by atoms with Crippen LogP contribution in [0.4, 0.5) is 16.5 Å². The Morgan fingerprint density at radius 3 is 2.36 bits per heavy atom. The van der Waals surface area contributed by atoms with Crippen LogP contribution in [-0.4, -0.2) is 28.9 Å². The summed E-state index contributed by atoms with van der Waals surface area (Å²) in [6.45, 7) is 1.47. The number of nitrogens with zero attached hydrogens (tertiary/aromatic N) is 3. The molecular weight excluding hydrogens is 430 g/mol. The summed E-state index contributed by atoms with van der Waals surface area (Å²) in [6.07, 6.45) is 3.13. The maximum atomic E-state index is 13.7. The van der Waals surface area contributed by atoms with Crippen LogP contribution in [0.15, 0.2) is 60.7 Å². The normalized spacial score (nSPS) is 13.6. The van der Waals surface area contributed by atoms with Gasteiger partial charge in [0.05, 0.1) is 10.2 Å². The van der Waals surface area contributed by atoms with Gasteiger partial charge >= 0.3 is 0 Å². The number of carbonyl (C=O) groups excluding carboxylic acids is 1. The van der Waals surface area contributed by atoms with Gasteiger partial charge in [0.2, 0.25) is 0 Å². The van der Waals surface area contributed by atoms with E-state index in [1.165, 1.54) is 11.3 Å². The fourth-order valence-electron chi connectivity index (χ4n) is 4.30. The minimum Gasteiger partial charge on any atom is -0.383 e. The summed E-state index contributed by atoms with van der Waals surface area (Å²) in [5.41, 5.74) is 10.1. The lowest BCUT2D eigenvalue weighted by atomic mass is 9.99. The van der Waals surface area contributed by atoms with Gasteiger partial charge in [0.15, 0.2) is 0 Å². The Morgan fingerprint density at radius 2 is 1.70 bits per heavy atom. The highest BCUT2D eigenvalue weighted by Gasteiger charge is 2.29. The van der Waals surface area contributed by atoms with Crippen molar-refractivity contribution in [3.63, 3.8) is 0 Å². The van der Waals surface area contributed by atoms with E-state index in [1.54, 1.807) is 0 Å². The van der Waals surface area contributed by atoms with Crippen LogP contribution in [0.3, 0.4) is 0 Å². The standard InChI is InChI=1S/C26H23N5OS/c27-16-19-20(17-10-4-1-5-11-17)23-22(30-24(19)28)21(26(32)31-14-8-3-9-15-31)25(33-23)29-18-12-6-2-7-13-18/h1-2,4-7,10-13,29H,3,8-9,14-15H2,(H2,28,30). The second-order valence-electron chi connectivity index (χ2n) is 8.05. The first kappa shape index (κ1) is 21.0. The van der Waals surface area contributed by atoms with Crippen LogP contribution in [0.5, 0.6) is 0 Å². The first-order chi connectivity index (χ1) is 16.2. The molecule has 5 rings (SSSR count). The number of nitrogens with two attached hydrogens (primary N) is 1. The fraction of sp³-hybridized carbons (Fsp3) is 0.192. The molecular formula is C26H23N5OS. The molecule has 1 aliphatic rings. The van der Waals surface area contributed by atoms with Gasteiger partial charge in [-0.15, -0.1) is 11.3 Å². The molecule has 1 fully saturated rings. The van der Waals surface area contributed by atoms with Gasteiger partial charge < -0.3 is 16.0 Å². The molecule has 1 saturated heterocycles. The minimum atomic E-state index is -0.0463. The Kier molecular flexibility index (Phi) is 5.68. The molecule has 3 heterocycles. The van der Waals surface area contributed by atoms with Crippen LogP contribution in [0.25, 0.3) is 21.3 Å². The van der Waals surface area contributed by atoms with Crippen LogP contribution in [0.1, 0.15) is 35.2 Å². The number of piperidine rings is 1. The number of carbonyl (C=O) groups is 1. The quantitative estimate of drug-likeness (QED) is 0.408. The van der Waals surface area contributed by atoms with Crippen molar-refractivity contribution in [3.8, 4) is 17.2 Å². The molecule has 2 aromatic heterocycles. The van der Waals surface area contributed by atoms with Gasteiger partial charge in [0.25, 0.3) is 5.91 Å². The molecule has 0 aliphatic carbocycles. The Hall–Kier alpha value is -3.89. The van der Waals surface area contributed by atoms with Gasteiger partial charge in [-0.05, 0) is 37.0 Å². The molecule has 0 atom stereocenters. The van der Waals surface area contributed by atoms with Crippen molar-refractivity contribution in [2.24, 2.45) is 0 Å². The van der Waals surface area contributed by atoms with Crippen LogP contribution >= 0.6 is 11.3 Å². The van der Waals surface area contributed by atoms with Gasteiger partial charge in [-0.2, -0.15) is 5.26 Å². The number of fused-ring (bicyclic) bond motifs is 1. The number of nitrogens with one attached hydrogen (secondary N) is 1. The maximum Gasteiger partial charge on any atom is 0.259 e. The van der Waals surface area contributed by atoms with Gasteiger partial charge in [-0.25, -0.2) is 4.98 Å². The van der Waals surface area contributed by atoms with Crippen LogP contribution in [0, 0.1) is 11.3 Å². The maximum absolute atomic E-state index is 13.7. The SMILES string of the molecule is N#Cc1c(N)nc2c(C(=O)N3CCCCC3)c(Nc3ccccc3)sc2c1-c1ccccc1. The lowest BCUT2D eigenvalue weighted by Gasteiger charge is -2.27. The fourth-order valence-corrected chi connectivity index (χ4v) is 5.53. The van der Waals surface area contributed by atoms with E-state index in [9.17, 15) is 10.1 Å². The zero-order valence-electron chi connectivity index (χ0n) is 18.0. The number of hydrogen-bond acceptors (Lipinski definition) is 6.